The summed E-state index contributed by atoms with van der Waals surface area (Å²) in [5, 5.41) is 13.4. The lowest BCUT2D eigenvalue weighted by Crippen LogP contribution is -2.31. The Labute approximate surface area is 246 Å². The van der Waals surface area contributed by atoms with E-state index in [-0.39, 0.29) is 17.8 Å². The van der Waals surface area contributed by atoms with Gasteiger partial charge < -0.3 is 24.3 Å². The third-order valence-corrected chi connectivity index (χ3v) is 8.24. The second kappa shape index (κ2) is 12.3. The van der Waals surface area contributed by atoms with Crippen LogP contribution in [0.1, 0.15) is 36.3 Å². The fourth-order valence-corrected chi connectivity index (χ4v) is 6.03. The molecule has 42 heavy (non-hydrogen) atoms. The summed E-state index contributed by atoms with van der Waals surface area (Å²) in [6.07, 6.45) is 3.95. The number of aryl methyl sites for hydroxylation is 1. The van der Waals surface area contributed by atoms with Crippen molar-refractivity contribution in [3.63, 3.8) is 0 Å². The highest BCUT2D eigenvalue weighted by atomic mass is 32.1. The normalized spacial score (nSPS) is 16.8. The molecule has 0 unspecified atom stereocenters. The van der Waals surface area contributed by atoms with Gasteiger partial charge in [-0.25, -0.2) is 4.98 Å². The minimum Gasteiger partial charge on any atom is -0.464 e. The van der Waals surface area contributed by atoms with E-state index in [0.717, 1.165) is 20.8 Å². The molecule has 1 amide bonds. The van der Waals surface area contributed by atoms with Crippen LogP contribution in [-0.4, -0.2) is 35.5 Å². The van der Waals surface area contributed by atoms with Gasteiger partial charge in [-0.05, 0) is 79.9 Å². The van der Waals surface area contributed by atoms with Crippen LogP contribution in [0.25, 0.3) is 31.8 Å². The number of aliphatic hydroxyl groups is 1. The predicted molar refractivity (Wildman–Crippen MR) is 163 cm³/mol. The number of carbonyl (C=O) groups is 1. The molecule has 5 aromatic rings. The molecule has 3 heterocycles. The zero-order chi connectivity index (χ0) is 29.1. The van der Waals surface area contributed by atoms with Gasteiger partial charge in [0, 0.05) is 35.8 Å². The molecule has 9 heteroatoms. The summed E-state index contributed by atoms with van der Waals surface area (Å²) in [4.78, 5) is 31.4. The van der Waals surface area contributed by atoms with E-state index in [9.17, 15) is 9.59 Å². The molecule has 0 bridgehead atoms. The van der Waals surface area contributed by atoms with Crippen LogP contribution in [0.2, 0.25) is 0 Å². The van der Waals surface area contributed by atoms with Gasteiger partial charge in [-0.1, -0.05) is 18.2 Å². The lowest BCUT2D eigenvalue weighted by Gasteiger charge is -2.29. The second-order valence-corrected chi connectivity index (χ2v) is 11.3. The van der Waals surface area contributed by atoms with Crippen LogP contribution in [0.4, 0.5) is 5.69 Å². The number of aliphatic hydroxyl groups excluding tert-OH is 1. The van der Waals surface area contributed by atoms with Crippen molar-refractivity contribution in [3.8, 4) is 10.6 Å². The summed E-state index contributed by atoms with van der Waals surface area (Å²) in [6.45, 7) is 2.49. The standard InChI is InChI=1S/C33H30N2O6S/c1-20-8-13-26-29(16-20)42-33(35-26)21-9-11-23(12-10-21)34-32(38)28-17-22(18-30(41-28)39-15-5-4-14-36)25-19-40-27-7-3-2-6-24(27)31(25)37/h2-3,6-13,16-17,19,22,30,36H,4-5,14-15,18H2,1H3,(H,34,38)/t22-,30+/m0/s1. The van der Waals surface area contributed by atoms with Crippen molar-refractivity contribution in [2.75, 3.05) is 18.5 Å². The Balaban J connectivity index is 1.22. The smallest absolute Gasteiger partial charge is 0.290 e. The maximum absolute atomic E-state index is 13.4. The first-order chi connectivity index (χ1) is 20.5. The summed E-state index contributed by atoms with van der Waals surface area (Å²) in [5.41, 5.74) is 4.49. The Morgan fingerprint density at radius 2 is 1.95 bits per heavy atom. The fraction of sp³-hybridized carbons (Fsp3) is 0.242. The molecule has 6 rings (SSSR count). The Hall–Kier alpha value is -4.31. The number of hydrogen-bond acceptors (Lipinski definition) is 8. The van der Waals surface area contributed by atoms with Gasteiger partial charge in [0.25, 0.3) is 5.91 Å². The minimum atomic E-state index is -0.740. The lowest BCUT2D eigenvalue weighted by molar-refractivity contribution is -0.143. The molecule has 0 radical (unpaired) electrons. The predicted octanol–water partition coefficient (Wildman–Crippen LogP) is 6.52. The van der Waals surface area contributed by atoms with Gasteiger partial charge in [0.2, 0.25) is 6.29 Å². The number of allylic oxidation sites excluding steroid dienone is 1. The number of aromatic nitrogens is 1. The van der Waals surface area contributed by atoms with E-state index in [1.807, 2.05) is 42.5 Å². The SMILES string of the molecule is Cc1ccc2nc(-c3ccc(NC(=O)C4=C[C@H](c5coc6ccccc6c5=O)C[C@H](OCCCCO)O4)cc3)sc2c1. The first-order valence-electron chi connectivity index (χ1n) is 13.9. The van der Waals surface area contributed by atoms with Crippen LogP contribution in [0.5, 0.6) is 0 Å². The van der Waals surface area contributed by atoms with Crippen LogP contribution in [-0.2, 0) is 14.3 Å². The number of benzene rings is 3. The summed E-state index contributed by atoms with van der Waals surface area (Å²) in [6, 6.07) is 20.8. The molecule has 2 N–H and O–H groups in total. The van der Waals surface area contributed by atoms with Gasteiger partial charge in [-0.2, -0.15) is 0 Å². The second-order valence-electron chi connectivity index (χ2n) is 10.3. The number of unbranched alkanes of at least 4 members (excludes halogenated alkanes) is 1. The van der Waals surface area contributed by atoms with Crippen molar-refractivity contribution in [1.29, 1.82) is 0 Å². The molecule has 0 saturated heterocycles. The van der Waals surface area contributed by atoms with Crippen molar-refractivity contribution in [2.45, 2.75) is 38.4 Å². The molecule has 0 fully saturated rings. The molecular formula is C33H30N2O6S. The molecule has 3 aromatic carbocycles. The van der Waals surface area contributed by atoms with Gasteiger partial charge in [-0.15, -0.1) is 11.3 Å². The summed E-state index contributed by atoms with van der Waals surface area (Å²) in [7, 11) is 0. The summed E-state index contributed by atoms with van der Waals surface area (Å²) in [5.74, 6) is -0.832. The third kappa shape index (κ3) is 5.99. The van der Waals surface area contributed by atoms with Gasteiger partial charge >= 0.3 is 0 Å². The van der Waals surface area contributed by atoms with Gasteiger partial charge in [0.1, 0.15) is 10.6 Å². The Morgan fingerprint density at radius 1 is 1.12 bits per heavy atom. The van der Waals surface area contributed by atoms with Gasteiger partial charge in [0.15, 0.2) is 11.2 Å². The number of para-hydroxylation sites is 1. The van der Waals surface area contributed by atoms with Crippen LogP contribution < -0.4 is 10.7 Å². The van der Waals surface area contributed by atoms with Gasteiger partial charge in [-0.3, -0.25) is 9.59 Å². The lowest BCUT2D eigenvalue weighted by atomic mass is 9.93. The van der Waals surface area contributed by atoms with Crippen molar-refractivity contribution in [3.05, 3.63) is 106 Å². The molecule has 2 aromatic heterocycles. The first kappa shape index (κ1) is 27.8. The summed E-state index contributed by atoms with van der Waals surface area (Å²) < 4.78 is 18.7. The van der Waals surface area contributed by atoms with E-state index in [1.165, 1.54) is 11.8 Å². The van der Waals surface area contributed by atoms with Crippen LogP contribution in [0, 0.1) is 6.92 Å². The molecule has 1 aliphatic rings. The average Bonchev–Trinajstić information content (AvgIpc) is 3.43. The third-order valence-electron chi connectivity index (χ3n) is 7.18. The van der Waals surface area contributed by atoms with E-state index in [4.69, 9.17) is 24.0 Å². The Morgan fingerprint density at radius 3 is 2.79 bits per heavy atom. The van der Waals surface area contributed by atoms with E-state index >= 15 is 0 Å². The Bertz CT molecular complexity index is 1820. The van der Waals surface area contributed by atoms with Crippen LogP contribution in [0.3, 0.4) is 0 Å². The number of rotatable bonds is 9. The maximum Gasteiger partial charge on any atom is 0.290 e. The molecule has 0 spiro atoms. The number of carbonyl (C=O) groups excluding carboxylic acids is 1. The highest BCUT2D eigenvalue weighted by Gasteiger charge is 2.31. The maximum atomic E-state index is 13.4. The number of nitrogens with one attached hydrogen (secondary N) is 1. The van der Waals surface area contributed by atoms with E-state index < -0.39 is 18.1 Å². The van der Waals surface area contributed by atoms with Gasteiger partial charge in [0.05, 0.1) is 28.5 Å². The number of ether oxygens (including phenoxy) is 2. The molecule has 1 aliphatic heterocycles. The zero-order valence-electron chi connectivity index (χ0n) is 23.0. The van der Waals surface area contributed by atoms with E-state index in [0.29, 0.717) is 48.1 Å². The number of amides is 1. The fourth-order valence-electron chi connectivity index (χ4n) is 4.96. The van der Waals surface area contributed by atoms with E-state index in [1.54, 1.807) is 35.6 Å². The minimum absolute atomic E-state index is 0.0663. The van der Waals surface area contributed by atoms with Crippen molar-refractivity contribution < 1.29 is 23.8 Å². The van der Waals surface area contributed by atoms with Crippen molar-refractivity contribution >= 4 is 44.1 Å². The largest absolute Gasteiger partial charge is 0.464 e. The molecular weight excluding hydrogens is 552 g/mol. The number of nitrogens with zero attached hydrogens (tertiary/aromatic N) is 1. The van der Waals surface area contributed by atoms with Crippen LogP contribution >= 0.6 is 11.3 Å². The topological polar surface area (TPSA) is 111 Å². The number of thiazole rings is 1. The number of anilines is 1. The molecule has 0 saturated carbocycles. The molecule has 2 atom stereocenters. The number of hydrogen-bond donors (Lipinski definition) is 2. The zero-order valence-corrected chi connectivity index (χ0v) is 23.9. The van der Waals surface area contributed by atoms with Crippen molar-refractivity contribution in [1.82, 2.24) is 4.98 Å². The van der Waals surface area contributed by atoms with E-state index in [2.05, 4.69) is 18.3 Å². The van der Waals surface area contributed by atoms with Crippen LogP contribution in [0.15, 0.2) is 94.0 Å². The first-order valence-corrected chi connectivity index (χ1v) is 14.7. The molecule has 8 nitrogen and oxygen atoms in total. The highest BCUT2D eigenvalue weighted by molar-refractivity contribution is 7.21. The van der Waals surface area contributed by atoms with Crippen molar-refractivity contribution in [2.24, 2.45) is 0 Å². The monoisotopic (exact) mass is 582 g/mol. The Kier molecular flexibility index (Phi) is 8.14. The quantitative estimate of drug-likeness (QED) is 0.190. The number of fused-ring (bicyclic) bond motifs is 2. The average molecular weight is 583 g/mol. The highest BCUT2D eigenvalue weighted by Crippen LogP contribution is 2.33. The molecule has 0 aliphatic carbocycles. The summed E-state index contributed by atoms with van der Waals surface area (Å²) >= 11 is 1.63. The molecule has 214 valence electrons.